The molecule has 4 nitrogen and oxygen atoms in total. The standard InChI is InChI=1S/C15H16N4/c16-15-13-14(10-6-3-4-7-11(10)17-15)19-9-5-1-2-8-12(19)18-13/h3-4,6-7H,1-2,5,8-9H2,(H2,16,17). The van der Waals surface area contributed by atoms with Crippen LogP contribution in [-0.2, 0) is 13.0 Å². The highest BCUT2D eigenvalue weighted by Crippen LogP contribution is 2.30. The van der Waals surface area contributed by atoms with Crippen LogP contribution in [0.2, 0.25) is 0 Å². The lowest BCUT2D eigenvalue weighted by molar-refractivity contribution is 0.648. The van der Waals surface area contributed by atoms with Crippen molar-refractivity contribution in [1.29, 1.82) is 0 Å². The molecule has 3 heterocycles. The summed E-state index contributed by atoms with van der Waals surface area (Å²) in [6, 6.07) is 8.18. The van der Waals surface area contributed by atoms with Gasteiger partial charge in [-0.25, -0.2) is 9.97 Å². The van der Waals surface area contributed by atoms with E-state index in [1.54, 1.807) is 0 Å². The minimum absolute atomic E-state index is 0.550. The third-order valence-corrected chi connectivity index (χ3v) is 3.97. The predicted octanol–water partition coefficient (Wildman–Crippen LogP) is 2.89. The highest BCUT2D eigenvalue weighted by Gasteiger charge is 2.18. The van der Waals surface area contributed by atoms with Gasteiger partial charge >= 0.3 is 0 Å². The van der Waals surface area contributed by atoms with Gasteiger partial charge in [0.2, 0.25) is 0 Å². The third-order valence-electron chi connectivity index (χ3n) is 3.97. The number of pyridine rings is 1. The monoisotopic (exact) mass is 252 g/mol. The Morgan fingerprint density at radius 3 is 2.89 bits per heavy atom. The number of nitrogens with two attached hydrogens (primary N) is 1. The fraction of sp³-hybridized carbons (Fsp3) is 0.333. The molecule has 2 N–H and O–H groups in total. The Balaban J connectivity index is 2.17. The zero-order valence-corrected chi connectivity index (χ0v) is 10.8. The molecule has 0 unspecified atom stereocenters. The smallest absolute Gasteiger partial charge is 0.152 e. The molecule has 0 amide bonds. The maximum atomic E-state index is 6.09. The fourth-order valence-corrected chi connectivity index (χ4v) is 3.07. The molecule has 3 aromatic rings. The molecule has 0 saturated carbocycles. The van der Waals surface area contributed by atoms with Gasteiger partial charge in [-0.15, -0.1) is 0 Å². The Hall–Kier alpha value is -2.10. The molecule has 96 valence electrons. The van der Waals surface area contributed by atoms with Crippen LogP contribution in [-0.4, -0.2) is 14.5 Å². The molecule has 0 spiro atoms. The van der Waals surface area contributed by atoms with Gasteiger partial charge < -0.3 is 10.3 Å². The summed E-state index contributed by atoms with van der Waals surface area (Å²) in [5, 5.41) is 1.16. The number of imidazole rings is 1. The molecule has 4 rings (SSSR count). The number of aromatic nitrogens is 3. The minimum Gasteiger partial charge on any atom is -0.382 e. The third kappa shape index (κ3) is 1.52. The molecular weight excluding hydrogens is 236 g/mol. The van der Waals surface area contributed by atoms with Gasteiger partial charge in [0.15, 0.2) is 5.82 Å². The van der Waals surface area contributed by atoms with E-state index in [-0.39, 0.29) is 0 Å². The summed E-state index contributed by atoms with van der Waals surface area (Å²) in [4.78, 5) is 9.21. The highest BCUT2D eigenvalue weighted by molar-refractivity contribution is 6.06. The van der Waals surface area contributed by atoms with Crippen molar-refractivity contribution in [2.24, 2.45) is 0 Å². The maximum absolute atomic E-state index is 6.09. The molecule has 0 fully saturated rings. The van der Waals surface area contributed by atoms with Gasteiger partial charge in [-0.2, -0.15) is 0 Å². The molecule has 1 aliphatic heterocycles. The topological polar surface area (TPSA) is 56.7 Å². The second-order valence-electron chi connectivity index (χ2n) is 5.20. The average Bonchev–Trinajstić information content (AvgIpc) is 2.64. The lowest BCUT2D eigenvalue weighted by Crippen LogP contribution is -2.01. The van der Waals surface area contributed by atoms with E-state index in [0.29, 0.717) is 5.82 Å². The number of hydrogen-bond donors (Lipinski definition) is 1. The van der Waals surface area contributed by atoms with E-state index in [1.165, 1.54) is 24.8 Å². The van der Waals surface area contributed by atoms with Crippen LogP contribution in [0.4, 0.5) is 5.82 Å². The second kappa shape index (κ2) is 3.95. The van der Waals surface area contributed by atoms with Crippen LogP contribution in [0.1, 0.15) is 25.1 Å². The van der Waals surface area contributed by atoms with Crippen molar-refractivity contribution in [3.8, 4) is 0 Å². The van der Waals surface area contributed by atoms with Crippen molar-refractivity contribution in [3.63, 3.8) is 0 Å². The second-order valence-corrected chi connectivity index (χ2v) is 5.20. The van der Waals surface area contributed by atoms with Crippen LogP contribution in [0.3, 0.4) is 0 Å². The van der Waals surface area contributed by atoms with Crippen molar-refractivity contribution in [2.75, 3.05) is 5.73 Å². The lowest BCUT2D eigenvalue weighted by atomic mass is 10.2. The molecule has 0 radical (unpaired) electrons. The zero-order valence-electron chi connectivity index (χ0n) is 10.8. The number of benzene rings is 1. The summed E-state index contributed by atoms with van der Waals surface area (Å²) in [6.07, 6.45) is 4.76. The number of aryl methyl sites for hydroxylation is 2. The predicted molar refractivity (Wildman–Crippen MR) is 77.0 cm³/mol. The molecule has 2 aromatic heterocycles. The van der Waals surface area contributed by atoms with Gasteiger partial charge in [0.1, 0.15) is 11.3 Å². The molecule has 0 aliphatic carbocycles. The van der Waals surface area contributed by atoms with Crippen LogP contribution in [0.25, 0.3) is 21.9 Å². The van der Waals surface area contributed by atoms with Crippen molar-refractivity contribution >= 4 is 27.8 Å². The van der Waals surface area contributed by atoms with E-state index in [0.717, 1.165) is 35.2 Å². The molecule has 19 heavy (non-hydrogen) atoms. The van der Waals surface area contributed by atoms with Gasteiger partial charge in [-0.3, -0.25) is 0 Å². The summed E-state index contributed by atoms with van der Waals surface area (Å²) in [5.74, 6) is 1.71. The highest BCUT2D eigenvalue weighted by atomic mass is 15.1. The molecule has 0 bridgehead atoms. The van der Waals surface area contributed by atoms with E-state index in [2.05, 4.69) is 21.7 Å². The van der Waals surface area contributed by atoms with Crippen LogP contribution in [0.15, 0.2) is 24.3 Å². The summed E-state index contributed by atoms with van der Waals surface area (Å²) in [7, 11) is 0. The molecule has 4 heteroatoms. The number of para-hydroxylation sites is 1. The molecule has 1 aliphatic rings. The first kappa shape index (κ1) is 10.8. The van der Waals surface area contributed by atoms with E-state index in [9.17, 15) is 0 Å². The van der Waals surface area contributed by atoms with Gasteiger partial charge in [-0.1, -0.05) is 24.6 Å². The number of nitrogens with zero attached hydrogens (tertiary/aromatic N) is 3. The van der Waals surface area contributed by atoms with Crippen LogP contribution < -0.4 is 5.73 Å². The molecular formula is C15H16N4. The molecule has 1 aromatic carbocycles. The fourth-order valence-electron chi connectivity index (χ4n) is 3.07. The largest absolute Gasteiger partial charge is 0.382 e. The average molecular weight is 252 g/mol. The van der Waals surface area contributed by atoms with E-state index >= 15 is 0 Å². The summed E-state index contributed by atoms with van der Waals surface area (Å²) < 4.78 is 2.35. The quantitative estimate of drug-likeness (QED) is 0.669. The zero-order chi connectivity index (χ0) is 12.8. The normalized spacial score (nSPS) is 15.6. The SMILES string of the molecule is Nc1nc2ccccc2c2c1nc1n2CCCCC1. The number of nitrogen functional groups attached to an aromatic ring is 1. The van der Waals surface area contributed by atoms with E-state index < -0.39 is 0 Å². The van der Waals surface area contributed by atoms with Crippen LogP contribution in [0, 0.1) is 0 Å². The van der Waals surface area contributed by atoms with Crippen molar-refractivity contribution in [2.45, 2.75) is 32.2 Å². The first-order valence-electron chi connectivity index (χ1n) is 6.88. The Bertz CT molecular complexity index is 773. The molecule has 0 saturated heterocycles. The Morgan fingerprint density at radius 1 is 1.05 bits per heavy atom. The minimum atomic E-state index is 0.550. The molecule has 0 atom stereocenters. The van der Waals surface area contributed by atoms with E-state index in [4.69, 9.17) is 10.7 Å². The summed E-state index contributed by atoms with van der Waals surface area (Å²) in [5.41, 5.74) is 9.08. The summed E-state index contributed by atoms with van der Waals surface area (Å²) >= 11 is 0. The Labute approximate surface area is 111 Å². The number of fused-ring (bicyclic) bond motifs is 5. The van der Waals surface area contributed by atoms with Crippen LogP contribution in [0.5, 0.6) is 0 Å². The van der Waals surface area contributed by atoms with Crippen molar-refractivity contribution < 1.29 is 0 Å². The summed E-state index contributed by atoms with van der Waals surface area (Å²) in [6.45, 7) is 1.04. The van der Waals surface area contributed by atoms with Gasteiger partial charge in [0, 0.05) is 18.4 Å². The van der Waals surface area contributed by atoms with Gasteiger partial charge in [0.25, 0.3) is 0 Å². The van der Waals surface area contributed by atoms with Gasteiger partial charge in [0.05, 0.1) is 11.0 Å². The van der Waals surface area contributed by atoms with Crippen LogP contribution >= 0.6 is 0 Å². The van der Waals surface area contributed by atoms with Gasteiger partial charge in [-0.05, 0) is 18.9 Å². The van der Waals surface area contributed by atoms with Crippen molar-refractivity contribution in [3.05, 3.63) is 30.1 Å². The number of hydrogen-bond acceptors (Lipinski definition) is 3. The maximum Gasteiger partial charge on any atom is 0.152 e. The first-order valence-corrected chi connectivity index (χ1v) is 6.88. The van der Waals surface area contributed by atoms with Crippen molar-refractivity contribution in [1.82, 2.24) is 14.5 Å². The number of anilines is 1. The first-order chi connectivity index (χ1) is 9.34. The number of rotatable bonds is 0. The van der Waals surface area contributed by atoms with E-state index in [1.807, 2.05) is 12.1 Å². The Kier molecular flexibility index (Phi) is 2.24. The lowest BCUT2D eigenvalue weighted by Gasteiger charge is -2.07. The Morgan fingerprint density at radius 2 is 1.95 bits per heavy atom.